The van der Waals surface area contributed by atoms with Gasteiger partial charge in [-0.25, -0.2) is 0 Å². The highest BCUT2D eigenvalue weighted by atomic mass is 16.7. The van der Waals surface area contributed by atoms with Crippen molar-refractivity contribution in [3.05, 3.63) is 47.7 Å². The fourth-order valence-corrected chi connectivity index (χ4v) is 3.78. The minimum absolute atomic E-state index is 0.252. The van der Waals surface area contributed by atoms with E-state index in [1.54, 1.807) is 6.07 Å². The molecule has 0 saturated carbocycles. The average molecular weight is 382 g/mol. The van der Waals surface area contributed by atoms with E-state index in [9.17, 15) is 4.79 Å². The molecule has 28 heavy (non-hydrogen) atoms. The second-order valence-corrected chi connectivity index (χ2v) is 7.57. The zero-order chi connectivity index (χ0) is 19.6. The highest BCUT2D eigenvalue weighted by Crippen LogP contribution is 2.32. The van der Waals surface area contributed by atoms with Crippen molar-refractivity contribution < 1.29 is 14.3 Å². The number of hydrogen-bond acceptors (Lipinski definition) is 6. The van der Waals surface area contributed by atoms with Gasteiger partial charge in [0.1, 0.15) is 0 Å². The molecule has 3 heterocycles. The zero-order valence-corrected chi connectivity index (χ0v) is 16.4. The first-order chi connectivity index (χ1) is 13.6. The molecule has 2 aliphatic rings. The molecule has 0 atom stereocenters. The number of hydrogen-bond donors (Lipinski definition) is 1. The molecule has 1 spiro atoms. The predicted octanol–water partition coefficient (Wildman–Crippen LogP) is 3.20. The molecule has 2 aromatic rings. The maximum absolute atomic E-state index is 12.6. The molecule has 4 rings (SSSR count). The van der Waals surface area contributed by atoms with E-state index in [-0.39, 0.29) is 5.91 Å². The summed E-state index contributed by atoms with van der Waals surface area (Å²) in [6.45, 7) is 7.13. The summed E-state index contributed by atoms with van der Waals surface area (Å²) in [4.78, 5) is 14.7. The Labute approximate surface area is 165 Å². The van der Waals surface area contributed by atoms with E-state index in [0.29, 0.717) is 24.8 Å². The molecule has 0 radical (unpaired) electrons. The minimum atomic E-state index is -0.409. The van der Waals surface area contributed by atoms with Gasteiger partial charge in [-0.3, -0.25) is 4.79 Å². The Morgan fingerprint density at radius 1 is 1.07 bits per heavy atom. The smallest absolute Gasteiger partial charge is 0.276 e. The van der Waals surface area contributed by atoms with Crippen LogP contribution in [0.1, 0.15) is 48.7 Å². The van der Waals surface area contributed by atoms with Crippen molar-refractivity contribution in [3.63, 3.8) is 0 Å². The molecule has 7 heteroatoms. The largest absolute Gasteiger partial charge is 0.355 e. The number of ether oxygens (including phenoxy) is 2. The van der Waals surface area contributed by atoms with E-state index < -0.39 is 5.79 Å². The molecule has 0 unspecified atom stereocenters. The number of para-hydroxylation sites is 1. The Morgan fingerprint density at radius 2 is 1.79 bits per heavy atom. The van der Waals surface area contributed by atoms with Crippen LogP contribution in [0.25, 0.3) is 0 Å². The lowest BCUT2D eigenvalue weighted by molar-refractivity contribution is -0.169. The van der Waals surface area contributed by atoms with Crippen LogP contribution >= 0.6 is 0 Å². The number of carbonyl (C=O) groups is 1. The van der Waals surface area contributed by atoms with Crippen molar-refractivity contribution in [1.82, 2.24) is 10.2 Å². The van der Waals surface area contributed by atoms with Crippen molar-refractivity contribution in [3.8, 4) is 0 Å². The van der Waals surface area contributed by atoms with Gasteiger partial charge in [-0.1, -0.05) is 32.0 Å². The van der Waals surface area contributed by atoms with Gasteiger partial charge in [0.15, 0.2) is 17.3 Å². The van der Waals surface area contributed by atoms with Crippen molar-refractivity contribution in [2.24, 2.45) is 0 Å². The van der Waals surface area contributed by atoms with Gasteiger partial charge < -0.3 is 19.7 Å². The van der Waals surface area contributed by atoms with Gasteiger partial charge in [0.2, 0.25) is 0 Å². The molecular weight excluding hydrogens is 356 g/mol. The van der Waals surface area contributed by atoms with E-state index >= 15 is 0 Å². The van der Waals surface area contributed by atoms with Crippen LogP contribution in [0.3, 0.4) is 0 Å². The maximum Gasteiger partial charge on any atom is 0.276 e. The van der Waals surface area contributed by atoms with Gasteiger partial charge in [0.05, 0.1) is 13.2 Å². The highest BCUT2D eigenvalue weighted by molar-refractivity contribution is 6.03. The Morgan fingerprint density at radius 3 is 2.43 bits per heavy atom. The Hall–Kier alpha value is -2.51. The lowest BCUT2D eigenvalue weighted by atomic mass is 10.0. The van der Waals surface area contributed by atoms with Crippen LogP contribution in [-0.4, -0.2) is 48.2 Å². The first kappa shape index (κ1) is 18.8. The van der Waals surface area contributed by atoms with Crippen LogP contribution in [0.2, 0.25) is 0 Å². The molecule has 7 nitrogen and oxygen atoms in total. The molecule has 148 valence electrons. The van der Waals surface area contributed by atoms with E-state index in [2.05, 4.69) is 34.3 Å². The zero-order valence-electron chi connectivity index (χ0n) is 16.4. The maximum atomic E-state index is 12.6. The standard InChI is InChI=1S/C21H26N4O3/c1-15(2)16-5-3-4-6-17(16)22-20(26)18-7-8-19(24-23-18)25-11-9-21(10-12-25)27-13-14-28-21/h3-8,15H,9-14H2,1-2H3,(H,22,26). The number of benzene rings is 1. The molecule has 1 aromatic heterocycles. The summed E-state index contributed by atoms with van der Waals surface area (Å²) in [7, 11) is 0. The Bertz CT molecular complexity index is 822. The summed E-state index contributed by atoms with van der Waals surface area (Å²) in [5, 5.41) is 11.4. The predicted molar refractivity (Wildman–Crippen MR) is 107 cm³/mol. The first-order valence-electron chi connectivity index (χ1n) is 9.83. The average Bonchev–Trinajstić information content (AvgIpc) is 3.17. The van der Waals surface area contributed by atoms with E-state index in [4.69, 9.17) is 9.47 Å². The quantitative estimate of drug-likeness (QED) is 0.875. The summed E-state index contributed by atoms with van der Waals surface area (Å²) in [5.41, 5.74) is 2.21. The van der Waals surface area contributed by atoms with Gasteiger partial charge in [-0.2, -0.15) is 0 Å². The van der Waals surface area contributed by atoms with Crippen molar-refractivity contribution in [2.45, 2.75) is 38.4 Å². The van der Waals surface area contributed by atoms with Crippen LogP contribution in [0.15, 0.2) is 36.4 Å². The Balaban J connectivity index is 1.40. The van der Waals surface area contributed by atoms with Gasteiger partial charge in [-0.15, -0.1) is 10.2 Å². The van der Waals surface area contributed by atoms with Crippen molar-refractivity contribution in [2.75, 3.05) is 36.5 Å². The third kappa shape index (κ3) is 3.86. The number of anilines is 2. The van der Waals surface area contributed by atoms with Gasteiger partial charge >= 0.3 is 0 Å². The number of carbonyl (C=O) groups excluding carboxylic acids is 1. The number of amides is 1. The van der Waals surface area contributed by atoms with Crippen molar-refractivity contribution >= 4 is 17.4 Å². The lowest BCUT2D eigenvalue weighted by Crippen LogP contribution is -2.45. The van der Waals surface area contributed by atoms with Crippen LogP contribution in [-0.2, 0) is 9.47 Å². The molecule has 0 bridgehead atoms. The molecule has 1 N–H and O–H groups in total. The summed E-state index contributed by atoms with van der Waals surface area (Å²) in [5.74, 6) is 0.428. The number of rotatable bonds is 4. The third-order valence-corrected chi connectivity index (χ3v) is 5.38. The minimum Gasteiger partial charge on any atom is -0.355 e. The summed E-state index contributed by atoms with van der Waals surface area (Å²) in [6.07, 6.45) is 1.62. The molecule has 2 fully saturated rings. The van der Waals surface area contributed by atoms with Gasteiger partial charge in [0.25, 0.3) is 5.91 Å². The van der Waals surface area contributed by atoms with Crippen molar-refractivity contribution in [1.29, 1.82) is 0 Å². The number of nitrogens with zero attached hydrogens (tertiary/aromatic N) is 3. The second kappa shape index (κ2) is 7.85. The first-order valence-corrected chi connectivity index (χ1v) is 9.83. The van der Waals surface area contributed by atoms with Gasteiger partial charge in [0, 0.05) is 31.6 Å². The van der Waals surface area contributed by atoms with Crippen LogP contribution < -0.4 is 10.2 Å². The molecule has 1 aromatic carbocycles. The SMILES string of the molecule is CC(C)c1ccccc1NC(=O)c1ccc(N2CCC3(CC2)OCCO3)nn1. The van der Waals surface area contributed by atoms with E-state index in [0.717, 1.165) is 43.0 Å². The number of aromatic nitrogens is 2. The van der Waals surface area contributed by atoms with Crippen LogP contribution in [0.5, 0.6) is 0 Å². The molecular formula is C21H26N4O3. The molecule has 1 amide bonds. The lowest BCUT2D eigenvalue weighted by Gasteiger charge is -2.37. The fraction of sp³-hybridized carbons (Fsp3) is 0.476. The molecule has 2 aliphatic heterocycles. The number of piperidine rings is 1. The topological polar surface area (TPSA) is 76.6 Å². The number of nitrogens with one attached hydrogen (secondary N) is 1. The van der Waals surface area contributed by atoms with Gasteiger partial charge in [-0.05, 0) is 29.7 Å². The molecule has 2 saturated heterocycles. The normalized spacial score (nSPS) is 18.6. The van der Waals surface area contributed by atoms with Crippen LogP contribution in [0, 0.1) is 0 Å². The third-order valence-electron chi connectivity index (χ3n) is 5.38. The summed E-state index contributed by atoms with van der Waals surface area (Å²) >= 11 is 0. The molecule has 0 aliphatic carbocycles. The van der Waals surface area contributed by atoms with E-state index in [1.807, 2.05) is 30.3 Å². The fourth-order valence-electron chi connectivity index (χ4n) is 3.78. The van der Waals surface area contributed by atoms with Crippen LogP contribution in [0.4, 0.5) is 11.5 Å². The summed E-state index contributed by atoms with van der Waals surface area (Å²) in [6, 6.07) is 11.4. The Kier molecular flexibility index (Phi) is 5.28. The monoisotopic (exact) mass is 382 g/mol. The summed E-state index contributed by atoms with van der Waals surface area (Å²) < 4.78 is 11.5. The second-order valence-electron chi connectivity index (χ2n) is 7.57. The van der Waals surface area contributed by atoms with E-state index in [1.165, 1.54) is 0 Å². The highest BCUT2D eigenvalue weighted by Gasteiger charge is 2.40.